The number of ether oxygens (including phenoxy) is 1. The van der Waals surface area contributed by atoms with Crippen molar-refractivity contribution in [3.8, 4) is 0 Å². The average molecular weight is 300 g/mol. The van der Waals surface area contributed by atoms with Gasteiger partial charge in [0.1, 0.15) is 0 Å². The van der Waals surface area contributed by atoms with Crippen LogP contribution in [0.5, 0.6) is 0 Å². The molecule has 0 aromatic heterocycles. The van der Waals surface area contributed by atoms with Gasteiger partial charge < -0.3 is 20.3 Å². The summed E-state index contributed by atoms with van der Waals surface area (Å²) in [5.41, 5.74) is 0. The quantitative estimate of drug-likeness (QED) is 0.613. The first-order valence-electron chi connectivity index (χ1n) is 6.48. The first kappa shape index (κ1) is 15.2. The van der Waals surface area contributed by atoms with Crippen LogP contribution in [0, 0.1) is 11.8 Å². The van der Waals surface area contributed by atoms with Gasteiger partial charge in [-0.1, -0.05) is 0 Å². The van der Waals surface area contributed by atoms with Gasteiger partial charge >= 0.3 is 12.1 Å². The van der Waals surface area contributed by atoms with Crippen LogP contribution in [-0.2, 0) is 19.1 Å². The summed E-state index contributed by atoms with van der Waals surface area (Å²) in [6.45, 7) is -0.498. The number of aliphatic carboxylic acids is 1. The number of rotatable bonds is 4. The normalized spacial score (nSPS) is 30.0. The van der Waals surface area contributed by atoms with Crippen molar-refractivity contribution in [2.24, 2.45) is 11.8 Å². The van der Waals surface area contributed by atoms with E-state index < -0.39 is 54.5 Å². The van der Waals surface area contributed by atoms with Crippen molar-refractivity contribution in [1.82, 2.24) is 10.2 Å². The summed E-state index contributed by atoms with van der Waals surface area (Å²) < 4.78 is 5.44. The van der Waals surface area contributed by atoms with Gasteiger partial charge in [0.25, 0.3) is 5.91 Å². The number of amides is 3. The minimum absolute atomic E-state index is 0.451. The third-order valence-corrected chi connectivity index (χ3v) is 3.94. The molecule has 9 nitrogen and oxygen atoms in total. The molecule has 2 aliphatic rings. The molecule has 0 saturated carbocycles. The number of imide groups is 1. The fourth-order valence-electron chi connectivity index (χ4n) is 2.83. The second-order valence-electron chi connectivity index (χ2n) is 5.13. The molecule has 116 valence electrons. The summed E-state index contributed by atoms with van der Waals surface area (Å²) in [4.78, 5) is 45.8. The molecule has 3 amide bonds. The number of hydrogen-bond donors (Lipinski definition) is 3. The van der Waals surface area contributed by atoms with E-state index >= 15 is 0 Å². The van der Waals surface area contributed by atoms with E-state index in [2.05, 4.69) is 5.32 Å². The number of carboxylic acid groups (broad SMARTS) is 2. The molecular weight excluding hydrogens is 284 g/mol. The van der Waals surface area contributed by atoms with Crippen LogP contribution in [0.4, 0.5) is 4.79 Å². The van der Waals surface area contributed by atoms with Crippen LogP contribution >= 0.6 is 0 Å². The number of carbonyl (C=O) groups excluding carboxylic acids is 2. The van der Waals surface area contributed by atoms with Gasteiger partial charge in [0.05, 0.1) is 30.6 Å². The average Bonchev–Trinajstić information content (AvgIpc) is 3.03. The SMILES string of the molecule is CN(C(=O)O)C(=O)CNC(=O)C1C2CCC(O2)C1C(=O)O. The summed E-state index contributed by atoms with van der Waals surface area (Å²) in [6, 6.07) is 0. The number of hydrogen-bond acceptors (Lipinski definition) is 5. The van der Waals surface area contributed by atoms with E-state index in [1.165, 1.54) is 0 Å². The zero-order valence-corrected chi connectivity index (χ0v) is 11.3. The number of carbonyl (C=O) groups is 4. The van der Waals surface area contributed by atoms with E-state index in [0.717, 1.165) is 7.05 Å². The van der Waals surface area contributed by atoms with Gasteiger partial charge in [-0.2, -0.15) is 0 Å². The molecule has 2 aliphatic heterocycles. The summed E-state index contributed by atoms with van der Waals surface area (Å²) in [7, 11) is 1.07. The topological polar surface area (TPSA) is 133 Å². The fraction of sp³-hybridized carbons (Fsp3) is 0.667. The van der Waals surface area contributed by atoms with E-state index in [0.29, 0.717) is 17.7 Å². The molecule has 2 fully saturated rings. The standard InChI is InChI=1S/C12H16N2O7/c1-14(12(19)20)7(15)4-13-10(16)8-5-2-3-6(21-5)9(8)11(17)18/h5-6,8-9H,2-4H2,1H3,(H,13,16)(H,17,18)(H,19,20). The molecule has 4 atom stereocenters. The molecule has 0 aromatic carbocycles. The highest BCUT2D eigenvalue weighted by molar-refractivity contribution is 5.95. The first-order chi connectivity index (χ1) is 9.82. The second kappa shape index (κ2) is 5.68. The lowest BCUT2D eigenvalue weighted by Crippen LogP contribution is -2.47. The third-order valence-electron chi connectivity index (χ3n) is 3.94. The highest BCUT2D eigenvalue weighted by atomic mass is 16.5. The molecular formula is C12H16N2O7. The molecule has 0 spiro atoms. The third kappa shape index (κ3) is 2.82. The molecule has 0 radical (unpaired) electrons. The minimum Gasteiger partial charge on any atom is -0.481 e. The van der Waals surface area contributed by atoms with Crippen molar-refractivity contribution in [2.45, 2.75) is 25.0 Å². The van der Waals surface area contributed by atoms with Crippen molar-refractivity contribution in [2.75, 3.05) is 13.6 Å². The monoisotopic (exact) mass is 300 g/mol. The van der Waals surface area contributed by atoms with Gasteiger partial charge in [-0.25, -0.2) is 9.69 Å². The smallest absolute Gasteiger partial charge is 0.413 e. The summed E-state index contributed by atoms with van der Waals surface area (Å²) in [5, 5.41) is 20.1. The fourth-order valence-corrected chi connectivity index (χ4v) is 2.83. The van der Waals surface area contributed by atoms with E-state index in [9.17, 15) is 24.3 Å². The summed E-state index contributed by atoms with van der Waals surface area (Å²) in [5.74, 6) is -4.26. The van der Waals surface area contributed by atoms with Crippen LogP contribution in [0.25, 0.3) is 0 Å². The molecule has 2 heterocycles. The van der Waals surface area contributed by atoms with E-state index in [1.54, 1.807) is 0 Å². The maximum absolute atomic E-state index is 12.1. The number of nitrogens with one attached hydrogen (secondary N) is 1. The molecule has 0 aliphatic carbocycles. The van der Waals surface area contributed by atoms with Crippen molar-refractivity contribution >= 4 is 23.9 Å². The molecule has 2 rings (SSSR count). The molecule has 2 saturated heterocycles. The minimum atomic E-state index is -1.43. The van der Waals surface area contributed by atoms with Crippen LogP contribution in [0.2, 0.25) is 0 Å². The van der Waals surface area contributed by atoms with Crippen LogP contribution < -0.4 is 5.32 Å². The Kier molecular flexibility index (Phi) is 4.12. The number of nitrogens with zero attached hydrogens (tertiary/aromatic N) is 1. The van der Waals surface area contributed by atoms with Crippen molar-refractivity contribution in [3.63, 3.8) is 0 Å². The van der Waals surface area contributed by atoms with Crippen LogP contribution in [-0.4, -0.2) is 64.8 Å². The lowest BCUT2D eigenvalue weighted by atomic mass is 9.79. The van der Waals surface area contributed by atoms with Gasteiger partial charge in [-0.15, -0.1) is 0 Å². The van der Waals surface area contributed by atoms with E-state index in [1.807, 2.05) is 0 Å². The van der Waals surface area contributed by atoms with Crippen molar-refractivity contribution in [1.29, 1.82) is 0 Å². The van der Waals surface area contributed by atoms with E-state index in [4.69, 9.17) is 9.84 Å². The van der Waals surface area contributed by atoms with Gasteiger partial charge in [-0.3, -0.25) is 14.4 Å². The van der Waals surface area contributed by atoms with Crippen molar-refractivity contribution < 1.29 is 34.1 Å². The molecule has 0 aromatic rings. The van der Waals surface area contributed by atoms with Gasteiger partial charge in [0.2, 0.25) is 5.91 Å². The Morgan fingerprint density at radius 2 is 1.71 bits per heavy atom. The van der Waals surface area contributed by atoms with Crippen molar-refractivity contribution in [3.05, 3.63) is 0 Å². The number of likely N-dealkylation sites (N-methyl/N-ethyl adjacent to an activating group) is 1. The highest BCUT2D eigenvalue weighted by Gasteiger charge is 2.55. The Hall–Kier alpha value is -2.16. The van der Waals surface area contributed by atoms with Gasteiger partial charge in [0, 0.05) is 7.05 Å². The Morgan fingerprint density at radius 1 is 1.14 bits per heavy atom. The summed E-state index contributed by atoms with van der Waals surface area (Å²) >= 11 is 0. The summed E-state index contributed by atoms with van der Waals surface area (Å²) in [6.07, 6.45) is -1.15. The van der Waals surface area contributed by atoms with Gasteiger partial charge in [-0.05, 0) is 12.8 Å². The van der Waals surface area contributed by atoms with E-state index in [-0.39, 0.29) is 0 Å². The largest absolute Gasteiger partial charge is 0.481 e. The zero-order chi connectivity index (χ0) is 15.7. The maximum Gasteiger partial charge on any atom is 0.413 e. The molecule has 4 unspecified atom stereocenters. The highest BCUT2D eigenvalue weighted by Crippen LogP contribution is 2.43. The molecule has 9 heteroatoms. The Bertz CT molecular complexity index is 492. The first-order valence-corrected chi connectivity index (χ1v) is 6.48. The maximum atomic E-state index is 12.1. The Balaban J connectivity index is 1.95. The van der Waals surface area contributed by atoms with Crippen LogP contribution in [0.3, 0.4) is 0 Å². The number of carboxylic acids is 1. The lowest BCUT2D eigenvalue weighted by Gasteiger charge is -2.24. The molecule has 21 heavy (non-hydrogen) atoms. The second-order valence-corrected chi connectivity index (χ2v) is 5.13. The number of fused-ring (bicyclic) bond motifs is 2. The Labute approximate surface area is 119 Å². The Morgan fingerprint density at radius 3 is 2.24 bits per heavy atom. The predicted molar refractivity (Wildman–Crippen MR) is 66.3 cm³/mol. The lowest BCUT2D eigenvalue weighted by molar-refractivity contribution is -0.148. The van der Waals surface area contributed by atoms with Crippen LogP contribution in [0.1, 0.15) is 12.8 Å². The predicted octanol–water partition coefficient (Wildman–Crippen LogP) is -0.883. The van der Waals surface area contributed by atoms with Crippen LogP contribution in [0.15, 0.2) is 0 Å². The zero-order valence-electron chi connectivity index (χ0n) is 11.3. The molecule has 3 N–H and O–H groups in total. The molecule has 2 bridgehead atoms. The van der Waals surface area contributed by atoms with Gasteiger partial charge in [0.15, 0.2) is 0 Å².